The number of nitrogens with one attached hydrogen (secondary N) is 1. The number of aliphatic hydroxyl groups excluding tert-OH is 2. The van der Waals surface area contributed by atoms with Crippen LogP contribution in [0.1, 0.15) is 62.5 Å². The Balaban J connectivity index is 1.83. The average molecular weight is 511 g/mol. The number of H-pyrrole nitrogens is 1. The van der Waals surface area contributed by atoms with E-state index in [2.05, 4.69) is 38.7 Å². The predicted molar refractivity (Wildman–Crippen MR) is 140 cm³/mol. The molecule has 4 rings (SSSR count). The van der Waals surface area contributed by atoms with E-state index >= 15 is 0 Å². The molecule has 2 aromatic heterocycles. The second kappa shape index (κ2) is 12.2. The van der Waals surface area contributed by atoms with Gasteiger partial charge in [0.05, 0.1) is 19.0 Å². The number of imidazole rings is 1. The number of fused-ring (bicyclic) bond motifs is 1. The Morgan fingerprint density at radius 3 is 2.59 bits per heavy atom. The minimum absolute atomic E-state index is 0.0639. The molecule has 3 atom stereocenters. The summed E-state index contributed by atoms with van der Waals surface area (Å²) >= 11 is 0. The van der Waals surface area contributed by atoms with Crippen LogP contribution in [0.25, 0.3) is 22.6 Å². The maximum Gasteiger partial charge on any atom is 0.280 e. The first-order valence-corrected chi connectivity index (χ1v) is 12.8. The van der Waals surface area contributed by atoms with Crippen LogP contribution >= 0.6 is 0 Å². The lowest BCUT2D eigenvalue weighted by Crippen LogP contribution is -2.24. The van der Waals surface area contributed by atoms with Crippen molar-refractivity contribution in [1.29, 1.82) is 0 Å². The molecule has 0 radical (unpaired) electrons. The molecule has 11 nitrogen and oxygen atoms in total. The van der Waals surface area contributed by atoms with Gasteiger partial charge in [-0.05, 0) is 12.8 Å². The average Bonchev–Trinajstić information content (AvgIpc) is 3.48. The molecule has 0 bridgehead atoms. The first-order valence-electron chi connectivity index (χ1n) is 12.8. The van der Waals surface area contributed by atoms with E-state index in [1.165, 1.54) is 0 Å². The molecule has 3 heterocycles. The van der Waals surface area contributed by atoms with Crippen LogP contribution < -0.4 is 5.56 Å². The number of hydrogen-bond donors (Lipinski definition) is 3. The maximum absolute atomic E-state index is 13.1. The number of carbonyl (C=O) groups excluding carboxylic acids is 1. The highest BCUT2D eigenvalue weighted by atomic mass is 16.5. The van der Waals surface area contributed by atoms with Gasteiger partial charge in [0, 0.05) is 30.6 Å². The van der Waals surface area contributed by atoms with Crippen LogP contribution in [0.2, 0.25) is 0 Å². The van der Waals surface area contributed by atoms with Crippen LogP contribution in [0.3, 0.4) is 0 Å². The molecule has 37 heavy (non-hydrogen) atoms. The minimum Gasteiger partial charge on any atom is -0.394 e. The van der Waals surface area contributed by atoms with Crippen LogP contribution in [0.5, 0.6) is 0 Å². The van der Waals surface area contributed by atoms with Gasteiger partial charge in [0.15, 0.2) is 17.5 Å². The van der Waals surface area contributed by atoms with Crippen LogP contribution in [-0.2, 0) is 4.74 Å². The molecule has 3 unspecified atom stereocenters. The van der Waals surface area contributed by atoms with Crippen molar-refractivity contribution in [1.82, 2.24) is 24.4 Å². The molecule has 1 aliphatic heterocycles. The standard InChI is InChI=1S/C26H34N6O5/c1-3-5-11-31(12-6-4-2)16-27-26-29-24-22(25(36)30-26)28-23(18-10-8-7-9-17(18)14-33)32(24)21-13-19(35)20(15-34)37-21/h7-10,14,16,19-21,34-35H,3-6,11-13,15H2,1-2H3,(H,29,30,36). The summed E-state index contributed by atoms with van der Waals surface area (Å²) < 4.78 is 7.52. The zero-order valence-corrected chi connectivity index (χ0v) is 21.2. The molecule has 3 N–H and O–H groups in total. The minimum atomic E-state index is -0.910. The Hall–Kier alpha value is -3.41. The van der Waals surface area contributed by atoms with Crippen molar-refractivity contribution < 1.29 is 19.7 Å². The predicted octanol–water partition coefficient (Wildman–Crippen LogP) is 2.80. The lowest BCUT2D eigenvalue weighted by Gasteiger charge is -2.18. The van der Waals surface area contributed by atoms with Crippen molar-refractivity contribution >= 4 is 29.7 Å². The lowest BCUT2D eigenvalue weighted by atomic mass is 10.1. The molecule has 0 saturated carbocycles. The van der Waals surface area contributed by atoms with Gasteiger partial charge < -0.3 is 19.8 Å². The maximum atomic E-state index is 13.1. The molecule has 3 aromatic rings. The molecule has 1 fully saturated rings. The molecular formula is C26H34N6O5. The van der Waals surface area contributed by atoms with E-state index in [9.17, 15) is 19.8 Å². The third-order valence-corrected chi connectivity index (χ3v) is 6.48. The summed E-state index contributed by atoms with van der Waals surface area (Å²) in [5, 5.41) is 20.0. The number of aromatic amines is 1. The van der Waals surface area contributed by atoms with E-state index in [0.717, 1.165) is 38.8 Å². The first-order chi connectivity index (χ1) is 18.0. The number of carbonyl (C=O) groups is 1. The van der Waals surface area contributed by atoms with E-state index < -0.39 is 24.0 Å². The summed E-state index contributed by atoms with van der Waals surface area (Å²) in [6.07, 6.45) is 4.29. The number of ether oxygens (including phenoxy) is 1. The zero-order chi connectivity index (χ0) is 26.4. The van der Waals surface area contributed by atoms with E-state index in [1.807, 2.05) is 0 Å². The van der Waals surface area contributed by atoms with Crippen molar-refractivity contribution in [3.8, 4) is 11.4 Å². The normalized spacial score (nSPS) is 19.7. The number of aldehydes is 1. The molecule has 11 heteroatoms. The zero-order valence-electron chi connectivity index (χ0n) is 21.2. The third-order valence-electron chi connectivity index (χ3n) is 6.48. The van der Waals surface area contributed by atoms with E-state index in [1.54, 1.807) is 35.2 Å². The molecule has 1 aromatic carbocycles. The molecular weight excluding hydrogens is 476 g/mol. The topological polar surface area (TPSA) is 146 Å². The second-order valence-electron chi connectivity index (χ2n) is 9.17. The number of aromatic nitrogens is 4. The molecule has 1 saturated heterocycles. The van der Waals surface area contributed by atoms with Crippen LogP contribution in [0.4, 0.5) is 5.95 Å². The van der Waals surface area contributed by atoms with Gasteiger partial charge >= 0.3 is 0 Å². The Bertz CT molecular complexity index is 1290. The Labute approximate surface area is 214 Å². The summed E-state index contributed by atoms with van der Waals surface area (Å²) in [7, 11) is 0. The van der Waals surface area contributed by atoms with E-state index in [0.29, 0.717) is 23.2 Å². The monoisotopic (exact) mass is 510 g/mol. The van der Waals surface area contributed by atoms with Gasteiger partial charge in [-0.1, -0.05) is 51.0 Å². The number of hydrogen-bond acceptors (Lipinski definition) is 8. The Morgan fingerprint density at radius 1 is 1.22 bits per heavy atom. The number of nitrogens with zero attached hydrogens (tertiary/aromatic N) is 5. The molecule has 1 aliphatic rings. The highest BCUT2D eigenvalue weighted by molar-refractivity contribution is 5.88. The highest BCUT2D eigenvalue weighted by Gasteiger charge is 2.37. The summed E-state index contributed by atoms with van der Waals surface area (Å²) in [6, 6.07) is 6.88. The second-order valence-corrected chi connectivity index (χ2v) is 9.17. The first kappa shape index (κ1) is 26.6. The molecule has 198 valence electrons. The van der Waals surface area contributed by atoms with Crippen molar-refractivity contribution in [2.24, 2.45) is 4.99 Å². The van der Waals surface area contributed by atoms with Crippen molar-refractivity contribution in [2.45, 2.75) is 64.4 Å². The van der Waals surface area contributed by atoms with Gasteiger partial charge in [0.2, 0.25) is 5.95 Å². The van der Waals surface area contributed by atoms with Gasteiger partial charge in [-0.15, -0.1) is 0 Å². The van der Waals surface area contributed by atoms with E-state index in [-0.39, 0.29) is 30.1 Å². The van der Waals surface area contributed by atoms with Gasteiger partial charge in [-0.25, -0.2) is 9.98 Å². The van der Waals surface area contributed by atoms with Crippen molar-refractivity contribution in [3.63, 3.8) is 0 Å². The summed E-state index contributed by atoms with van der Waals surface area (Å²) in [6.45, 7) is 5.61. The Morgan fingerprint density at radius 2 is 1.95 bits per heavy atom. The van der Waals surface area contributed by atoms with Crippen molar-refractivity contribution in [3.05, 3.63) is 40.2 Å². The lowest BCUT2D eigenvalue weighted by molar-refractivity contribution is -0.0426. The fourth-order valence-electron chi connectivity index (χ4n) is 4.42. The fourth-order valence-corrected chi connectivity index (χ4v) is 4.42. The quantitative estimate of drug-likeness (QED) is 0.192. The highest BCUT2D eigenvalue weighted by Crippen LogP contribution is 2.36. The summed E-state index contributed by atoms with van der Waals surface area (Å²) in [5.41, 5.74) is 0.681. The largest absolute Gasteiger partial charge is 0.394 e. The fraction of sp³-hybridized carbons (Fsp3) is 0.500. The van der Waals surface area contributed by atoms with E-state index in [4.69, 9.17) is 4.74 Å². The summed E-state index contributed by atoms with van der Waals surface area (Å²) in [4.78, 5) is 43.3. The molecule has 0 aliphatic carbocycles. The third kappa shape index (κ3) is 5.79. The smallest absolute Gasteiger partial charge is 0.280 e. The SMILES string of the molecule is CCCCN(C=Nc1nc2c(nc(-c3ccccc3C=O)n2C2CC(O)C(CO)O2)c(=O)[nH]1)CCCC. The van der Waals surface area contributed by atoms with Crippen LogP contribution in [0.15, 0.2) is 34.1 Å². The number of unbranched alkanes of at least 4 members (excludes halogenated alkanes) is 2. The van der Waals surface area contributed by atoms with Crippen LogP contribution in [-0.4, -0.2) is 79.2 Å². The Kier molecular flexibility index (Phi) is 8.80. The van der Waals surface area contributed by atoms with Gasteiger partial charge in [-0.2, -0.15) is 4.98 Å². The van der Waals surface area contributed by atoms with Gasteiger partial charge in [-0.3, -0.25) is 19.1 Å². The van der Waals surface area contributed by atoms with Gasteiger partial charge in [0.25, 0.3) is 5.56 Å². The number of benzene rings is 1. The number of rotatable bonds is 12. The number of aliphatic imine (C=N–C) groups is 1. The number of aliphatic hydroxyl groups is 2. The summed E-state index contributed by atoms with van der Waals surface area (Å²) in [5.74, 6) is 0.421. The van der Waals surface area contributed by atoms with Crippen LogP contribution in [0, 0.1) is 0 Å². The van der Waals surface area contributed by atoms with Gasteiger partial charge in [0.1, 0.15) is 18.2 Å². The van der Waals surface area contributed by atoms with Crippen molar-refractivity contribution in [2.75, 3.05) is 19.7 Å². The molecule has 0 spiro atoms. The molecule has 0 amide bonds.